The first kappa shape index (κ1) is 18.1. The number of carbonyl (C=O) groups excluding carboxylic acids is 1. The average Bonchev–Trinajstić information content (AvgIpc) is 2.63. The molecule has 0 aliphatic heterocycles. The molecule has 3 rings (SSSR count). The van der Waals surface area contributed by atoms with Crippen molar-refractivity contribution in [3.8, 4) is 0 Å². The van der Waals surface area contributed by atoms with Crippen molar-refractivity contribution >= 4 is 44.3 Å². The number of fused-ring (bicyclic) bond motifs is 1. The number of amides is 1. The first-order valence-electron chi connectivity index (χ1n) is 8.18. The summed E-state index contributed by atoms with van der Waals surface area (Å²) in [6.45, 7) is 1.83. The number of pyridine rings is 1. The number of nitrogens with one attached hydrogen (secondary N) is 1. The highest BCUT2D eigenvalue weighted by Gasteiger charge is 2.19. The van der Waals surface area contributed by atoms with Gasteiger partial charge in [0.15, 0.2) is 0 Å². The molecule has 0 aliphatic rings. The summed E-state index contributed by atoms with van der Waals surface area (Å²) in [5, 5.41) is 13.8. The first-order valence-corrected chi connectivity index (χ1v) is 8.98. The Bertz CT molecular complexity index is 982. The lowest BCUT2D eigenvalue weighted by molar-refractivity contribution is -0.138. The summed E-state index contributed by atoms with van der Waals surface area (Å²) in [6.07, 6.45) is 2.10. The second-order valence-electron chi connectivity index (χ2n) is 5.87. The zero-order valence-electron chi connectivity index (χ0n) is 14.1. The van der Waals surface area contributed by atoms with E-state index < -0.39 is 11.9 Å². The second-order valence-corrected chi connectivity index (χ2v) is 6.73. The van der Waals surface area contributed by atoms with Crippen LogP contribution in [0.2, 0.25) is 0 Å². The molecule has 1 unspecified atom stereocenters. The number of benzene rings is 2. The zero-order valence-corrected chi connectivity index (χ0v) is 15.7. The van der Waals surface area contributed by atoms with Crippen LogP contribution < -0.4 is 5.32 Å². The van der Waals surface area contributed by atoms with Gasteiger partial charge in [0.05, 0.1) is 11.6 Å². The normalized spacial score (nSPS) is 11.9. The number of aromatic nitrogens is 1. The maximum Gasteiger partial charge on any atom is 0.310 e. The molecule has 1 atom stereocenters. The van der Waals surface area contributed by atoms with Crippen LogP contribution in [0.4, 0.5) is 5.69 Å². The largest absolute Gasteiger partial charge is 0.481 e. The van der Waals surface area contributed by atoms with Gasteiger partial charge in [-0.05, 0) is 51.5 Å². The fourth-order valence-electron chi connectivity index (χ4n) is 2.88. The Morgan fingerprint density at radius 3 is 2.65 bits per heavy atom. The van der Waals surface area contributed by atoms with Crippen LogP contribution in [0.25, 0.3) is 10.8 Å². The molecule has 2 N–H and O–H groups in total. The lowest BCUT2D eigenvalue weighted by Crippen LogP contribution is -2.15. The minimum atomic E-state index is -0.865. The maximum atomic E-state index is 12.7. The number of hydrogen-bond donors (Lipinski definition) is 2. The maximum absolute atomic E-state index is 12.7. The smallest absolute Gasteiger partial charge is 0.310 e. The van der Waals surface area contributed by atoms with E-state index in [0.29, 0.717) is 27.8 Å². The van der Waals surface area contributed by atoms with Crippen molar-refractivity contribution in [2.45, 2.75) is 19.3 Å². The molecule has 0 saturated carbocycles. The minimum absolute atomic E-state index is 0.319. The van der Waals surface area contributed by atoms with E-state index in [1.807, 2.05) is 37.3 Å². The van der Waals surface area contributed by atoms with Gasteiger partial charge < -0.3 is 10.4 Å². The van der Waals surface area contributed by atoms with Crippen molar-refractivity contribution in [2.24, 2.45) is 0 Å². The molecule has 1 aromatic heterocycles. The summed E-state index contributed by atoms with van der Waals surface area (Å²) in [7, 11) is 0. The van der Waals surface area contributed by atoms with Crippen molar-refractivity contribution in [3.63, 3.8) is 0 Å². The van der Waals surface area contributed by atoms with Crippen LogP contribution in [0.15, 0.2) is 59.2 Å². The van der Waals surface area contributed by atoms with Crippen molar-refractivity contribution in [2.75, 3.05) is 5.32 Å². The molecule has 2 aromatic carbocycles. The van der Waals surface area contributed by atoms with Gasteiger partial charge >= 0.3 is 5.97 Å². The Kier molecular flexibility index (Phi) is 5.32. The summed E-state index contributed by atoms with van der Waals surface area (Å²) in [5.74, 6) is -1.76. The average molecular weight is 413 g/mol. The van der Waals surface area contributed by atoms with Gasteiger partial charge in [-0.2, -0.15) is 0 Å². The Balaban J connectivity index is 1.89. The number of hydrogen-bond acceptors (Lipinski definition) is 3. The lowest BCUT2D eigenvalue weighted by atomic mass is 9.96. The summed E-state index contributed by atoms with van der Waals surface area (Å²) < 4.78 is 0.628. The quantitative estimate of drug-likeness (QED) is 0.628. The molecule has 0 bridgehead atoms. The van der Waals surface area contributed by atoms with Gasteiger partial charge in [0, 0.05) is 16.1 Å². The van der Waals surface area contributed by atoms with Crippen LogP contribution >= 0.6 is 15.9 Å². The van der Waals surface area contributed by atoms with Gasteiger partial charge in [-0.25, -0.2) is 0 Å². The predicted octanol–water partition coefficient (Wildman–Crippen LogP) is 4.83. The molecule has 1 heterocycles. The van der Waals surface area contributed by atoms with Gasteiger partial charge in [0.2, 0.25) is 0 Å². The van der Waals surface area contributed by atoms with Crippen LogP contribution in [0.5, 0.6) is 0 Å². The van der Waals surface area contributed by atoms with Crippen LogP contribution in [0.3, 0.4) is 0 Å². The Labute approximate surface area is 159 Å². The highest BCUT2D eigenvalue weighted by molar-refractivity contribution is 9.10. The molecule has 26 heavy (non-hydrogen) atoms. The molecule has 0 fully saturated rings. The SMILES string of the molecule is CCC(C(=O)O)c1ccc(NC(=O)c2nccc3ccccc23)c(Br)c1. The monoisotopic (exact) mass is 412 g/mol. The summed E-state index contributed by atoms with van der Waals surface area (Å²) in [5.41, 5.74) is 1.60. The van der Waals surface area contributed by atoms with Gasteiger partial charge in [-0.15, -0.1) is 0 Å². The molecule has 0 aliphatic carbocycles. The molecular weight excluding hydrogens is 396 g/mol. The van der Waals surface area contributed by atoms with Crippen molar-refractivity contribution in [1.82, 2.24) is 4.98 Å². The van der Waals surface area contributed by atoms with E-state index >= 15 is 0 Å². The Hall–Kier alpha value is -2.73. The molecule has 5 nitrogen and oxygen atoms in total. The van der Waals surface area contributed by atoms with Crippen LogP contribution in [0.1, 0.15) is 35.3 Å². The molecule has 0 saturated heterocycles. The van der Waals surface area contributed by atoms with Gasteiger partial charge in [-0.1, -0.05) is 37.3 Å². The van der Waals surface area contributed by atoms with Crippen LogP contribution in [-0.4, -0.2) is 22.0 Å². The molecule has 1 amide bonds. The van der Waals surface area contributed by atoms with Gasteiger partial charge in [0.25, 0.3) is 5.91 Å². The number of carboxylic acids is 1. The lowest BCUT2D eigenvalue weighted by Gasteiger charge is -2.13. The fraction of sp³-hybridized carbons (Fsp3) is 0.150. The summed E-state index contributed by atoms with van der Waals surface area (Å²) in [6, 6.07) is 14.6. The van der Waals surface area contributed by atoms with Crippen molar-refractivity contribution < 1.29 is 14.7 Å². The van der Waals surface area contributed by atoms with Crippen molar-refractivity contribution in [3.05, 3.63) is 70.5 Å². The molecule has 132 valence electrons. The fourth-order valence-corrected chi connectivity index (χ4v) is 3.38. The minimum Gasteiger partial charge on any atom is -0.481 e. The van der Waals surface area contributed by atoms with E-state index in [-0.39, 0.29) is 5.91 Å². The first-order chi connectivity index (χ1) is 12.5. The molecule has 6 heteroatoms. The third-order valence-electron chi connectivity index (χ3n) is 4.24. The number of nitrogens with zero attached hydrogens (tertiary/aromatic N) is 1. The summed E-state index contributed by atoms with van der Waals surface area (Å²) >= 11 is 3.42. The molecule has 3 aromatic rings. The van der Waals surface area contributed by atoms with E-state index in [4.69, 9.17) is 0 Å². The van der Waals surface area contributed by atoms with E-state index in [2.05, 4.69) is 26.2 Å². The standard InChI is InChI=1S/C20H17BrN2O3/c1-2-14(20(25)26)13-7-8-17(16(21)11-13)23-19(24)18-15-6-4-3-5-12(15)9-10-22-18/h3-11,14H,2H2,1H3,(H,23,24)(H,25,26). The predicted molar refractivity (Wildman–Crippen MR) is 105 cm³/mol. The van der Waals surface area contributed by atoms with E-state index in [1.165, 1.54) is 0 Å². The topological polar surface area (TPSA) is 79.3 Å². The number of halogens is 1. The number of carboxylic acid groups (broad SMARTS) is 1. The third-order valence-corrected chi connectivity index (χ3v) is 4.89. The second kappa shape index (κ2) is 7.66. The Morgan fingerprint density at radius 1 is 1.19 bits per heavy atom. The van der Waals surface area contributed by atoms with E-state index in [0.717, 1.165) is 10.8 Å². The van der Waals surface area contributed by atoms with Crippen molar-refractivity contribution in [1.29, 1.82) is 0 Å². The van der Waals surface area contributed by atoms with Gasteiger partial charge in [0.1, 0.15) is 5.69 Å². The third kappa shape index (κ3) is 3.60. The van der Waals surface area contributed by atoms with Gasteiger partial charge in [-0.3, -0.25) is 14.6 Å². The van der Waals surface area contributed by atoms with E-state index in [1.54, 1.807) is 24.4 Å². The zero-order chi connectivity index (χ0) is 18.7. The number of rotatable bonds is 5. The summed E-state index contributed by atoms with van der Waals surface area (Å²) in [4.78, 5) is 28.2. The molecule has 0 radical (unpaired) electrons. The number of aliphatic carboxylic acids is 1. The number of carbonyl (C=O) groups is 2. The Morgan fingerprint density at radius 2 is 1.96 bits per heavy atom. The number of anilines is 1. The highest BCUT2D eigenvalue weighted by Crippen LogP contribution is 2.29. The van der Waals surface area contributed by atoms with Crippen LogP contribution in [-0.2, 0) is 4.79 Å². The van der Waals surface area contributed by atoms with E-state index in [9.17, 15) is 14.7 Å². The molecular formula is C20H17BrN2O3. The van der Waals surface area contributed by atoms with Crippen LogP contribution in [0, 0.1) is 0 Å². The molecule has 0 spiro atoms. The highest BCUT2D eigenvalue weighted by atomic mass is 79.9.